The maximum atomic E-state index is 16.9. The van der Waals surface area contributed by atoms with Crippen molar-refractivity contribution in [1.82, 2.24) is 19.9 Å². The standard InChI is InChI=1S/C40H42ClF2IN6O4/c1-23-18-31(49(21-25-8-12-27(52-6)13-9-25)22-26-10-14-28(53-7)15-11-26)45-36(34(23)44)32-30(41)19-29-35(33(32)42)46-38(43)47-37(29)50-17-16-48(20-24(50)2)39(51)54-40(3,4)5/h8-15,18-19,24H,16-17,20-22H2,1-7H3/t24-/m0/s1. The molecule has 0 bridgehead atoms. The van der Waals surface area contributed by atoms with Crippen LogP contribution in [-0.4, -0.2) is 71.4 Å². The molecule has 6 rings (SSSR count). The van der Waals surface area contributed by atoms with E-state index in [1.54, 1.807) is 25.2 Å². The summed E-state index contributed by atoms with van der Waals surface area (Å²) in [4.78, 5) is 31.4. The number of nitrogens with zero attached hydrogens (tertiary/aromatic N) is 6. The summed E-state index contributed by atoms with van der Waals surface area (Å²) in [5, 5.41) is 0.332. The Morgan fingerprint density at radius 3 is 2.07 bits per heavy atom. The second-order valence-corrected chi connectivity index (χ2v) is 15.7. The van der Waals surface area contributed by atoms with Gasteiger partial charge in [-0.05, 0) is 110 Å². The van der Waals surface area contributed by atoms with E-state index in [9.17, 15) is 4.79 Å². The van der Waals surface area contributed by atoms with Crippen molar-refractivity contribution in [2.45, 2.75) is 59.4 Å². The van der Waals surface area contributed by atoms with Gasteiger partial charge >= 0.3 is 12.2 Å². The van der Waals surface area contributed by atoms with Gasteiger partial charge in [0.15, 0.2) is 5.82 Å². The molecule has 5 aromatic rings. The molecule has 14 heteroatoms. The van der Waals surface area contributed by atoms with Gasteiger partial charge in [0, 0.05) is 47.7 Å². The van der Waals surface area contributed by atoms with Gasteiger partial charge in [-0.2, -0.15) is 14.4 Å². The first kappa shape index (κ1) is 39.2. The third-order valence-corrected chi connectivity index (χ3v) is 10.8. The number of piperazine rings is 1. The van der Waals surface area contributed by atoms with Gasteiger partial charge < -0.3 is 28.9 Å². The van der Waals surface area contributed by atoms with Gasteiger partial charge in [0.1, 0.15) is 34.3 Å². The quantitative estimate of drug-likeness (QED) is 0.106. The van der Waals surface area contributed by atoms with Gasteiger partial charge in [0.05, 0.1) is 30.5 Å². The molecule has 1 atom stereocenters. The number of rotatable bonds is 9. The Labute approximate surface area is 332 Å². The second-order valence-electron chi connectivity index (χ2n) is 14.2. The van der Waals surface area contributed by atoms with Crippen LogP contribution in [0.1, 0.15) is 44.4 Å². The molecule has 0 unspecified atom stereocenters. The van der Waals surface area contributed by atoms with Crippen LogP contribution in [0.5, 0.6) is 11.5 Å². The molecule has 0 spiro atoms. The van der Waals surface area contributed by atoms with Crippen LogP contribution in [0.15, 0.2) is 60.7 Å². The third-order valence-electron chi connectivity index (χ3n) is 9.14. The number of benzene rings is 3. The molecule has 3 heterocycles. The summed E-state index contributed by atoms with van der Waals surface area (Å²) in [5.74, 6) is 1.47. The van der Waals surface area contributed by atoms with E-state index in [1.165, 1.54) is 0 Å². The van der Waals surface area contributed by atoms with Crippen molar-refractivity contribution in [1.29, 1.82) is 0 Å². The maximum absolute atomic E-state index is 16.9. The van der Waals surface area contributed by atoms with E-state index in [2.05, 4.69) is 37.5 Å². The van der Waals surface area contributed by atoms with Crippen molar-refractivity contribution in [3.05, 3.63) is 97.8 Å². The maximum Gasteiger partial charge on any atom is 0.410 e. The van der Waals surface area contributed by atoms with Crippen LogP contribution in [0.3, 0.4) is 0 Å². The number of pyridine rings is 1. The van der Waals surface area contributed by atoms with Gasteiger partial charge in [-0.3, -0.25) is 0 Å². The van der Waals surface area contributed by atoms with Crippen molar-refractivity contribution in [3.63, 3.8) is 0 Å². The molecule has 1 aliphatic heterocycles. The number of ether oxygens (including phenoxy) is 3. The lowest BCUT2D eigenvalue weighted by Gasteiger charge is -2.41. The lowest BCUT2D eigenvalue weighted by molar-refractivity contribution is 0.0218. The van der Waals surface area contributed by atoms with Gasteiger partial charge in [0.2, 0.25) is 0 Å². The highest BCUT2D eigenvalue weighted by atomic mass is 127. The summed E-state index contributed by atoms with van der Waals surface area (Å²) in [7, 11) is 3.25. The van der Waals surface area contributed by atoms with E-state index in [-0.39, 0.29) is 33.3 Å². The summed E-state index contributed by atoms with van der Waals surface area (Å²) in [5.41, 5.74) is 2.34. The number of halogens is 4. The van der Waals surface area contributed by atoms with Crippen LogP contribution in [0, 0.1) is 22.4 Å². The Kier molecular flexibility index (Phi) is 11.7. The average molecular weight is 871 g/mol. The van der Waals surface area contributed by atoms with Gasteiger partial charge in [0.25, 0.3) is 0 Å². The summed E-state index contributed by atoms with van der Waals surface area (Å²) < 4.78 is 49.1. The zero-order valence-corrected chi connectivity index (χ0v) is 34.1. The monoisotopic (exact) mass is 870 g/mol. The first-order valence-electron chi connectivity index (χ1n) is 17.4. The SMILES string of the molecule is COc1ccc(CN(Cc2ccc(OC)cc2)c2cc(C)c(I)c(-c3c(Cl)cc4c(N5CCN(C(=O)OC(C)(C)C)C[C@@H]5C)nc(F)nc4c3F)n2)cc1. The van der Waals surface area contributed by atoms with Gasteiger partial charge in [-0.25, -0.2) is 14.2 Å². The molecule has 284 valence electrons. The highest BCUT2D eigenvalue weighted by molar-refractivity contribution is 14.1. The summed E-state index contributed by atoms with van der Waals surface area (Å²) in [6.45, 7) is 11.1. The molecule has 54 heavy (non-hydrogen) atoms. The molecule has 10 nitrogen and oxygen atoms in total. The van der Waals surface area contributed by atoms with Crippen LogP contribution in [-0.2, 0) is 17.8 Å². The summed E-state index contributed by atoms with van der Waals surface area (Å²) in [6.07, 6.45) is -1.51. The molecule has 0 radical (unpaired) electrons. The lowest BCUT2D eigenvalue weighted by Crippen LogP contribution is -2.55. The topological polar surface area (TPSA) is 93.2 Å². The number of carbonyl (C=O) groups excluding carboxylic acids is 1. The van der Waals surface area contributed by atoms with E-state index in [0.29, 0.717) is 47.8 Å². The van der Waals surface area contributed by atoms with Crippen LogP contribution < -0.4 is 19.3 Å². The largest absolute Gasteiger partial charge is 0.497 e. The third kappa shape index (κ3) is 8.57. The van der Waals surface area contributed by atoms with E-state index < -0.39 is 23.6 Å². The van der Waals surface area contributed by atoms with Crippen molar-refractivity contribution >= 4 is 62.8 Å². The second kappa shape index (κ2) is 16.1. The Morgan fingerprint density at radius 1 is 0.944 bits per heavy atom. The predicted molar refractivity (Wildman–Crippen MR) is 216 cm³/mol. The van der Waals surface area contributed by atoms with E-state index in [1.807, 2.05) is 94.1 Å². The van der Waals surface area contributed by atoms with Crippen LogP contribution in [0.25, 0.3) is 22.2 Å². The average Bonchev–Trinajstić information content (AvgIpc) is 3.13. The number of aryl methyl sites for hydroxylation is 1. The number of anilines is 2. The molecule has 1 saturated heterocycles. The number of carbonyl (C=O) groups is 1. The Morgan fingerprint density at radius 2 is 1.54 bits per heavy atom. The summed E-state index contributed by atoms with van der Waals surface area (Å²) in [6, 6.07) is 18.8. The molecular formula is C40H42ClF2IN6O4. The fourth-order valence-electron chi connectivity index (χ4n) is 6.44. The van der Waals surface area contributed by atoms with Crippen molar-refractivity contribution < 1.29 is 27.8 Å². The number of aromatic nitrogens is 3. The fourth-order valence-corrected chi connectivity index (χ4v) is 7.27. The zero-order chi connectivity index (χ0) is 38.9. The minimum atomic E-state index is -1.08. The molecule has 1 aliphatic rings. The minimum Gasteiger partial charge on any atom is -0.497 e. The number of hydrogen-bond acceptors (Lipinski definition) is 9. The van der Waals surface area contributed by atoms with Crippen LogP contribution in [0.2, 0.25) is 5.02 Å². The fraction of sp³-hybridized carbons (Fsp3) is 0.350. The van der Waals surface area contributed by atoms with Crippen LogP contribution in [0.4, 0.5) is 25.2 Å². The minimum absolute atomic E-state index is 0.0132. The predicted octanol–water partition coefficient (Wildman–Crippen LogP) is 9.21. The van der Waals surface area contributed by atoms with Gasteiger partial charge in [-0.1, -0.05) is 35.9 Å². The number of methoxy groups -OCH3 is 2. The van der Waals surface area contributed by atoms with Crippen molar-refractivity contribution in [3.8, 4) is 22.8 Å². The molecule has 2 aromatic heterocycles. The first-order valence-corrected chi connectivity index (χ1v) is 18.9. The Balaban J connectivity index is 1.40. The normalized spacial score (nSPS) is 14.7. The molecule has 3 aromatic carbocycles. The smallest absolute Gasteiger partial charge is 0.410 e. The summed E-state index contributed by atoms with van der Waals surface area (Å²) >= 11 is 9.11. The number of hydrogen-bond donors (Lipinski definition) is 0. The molecule has 1 amide bonds. The molecule has 1 fully saturated rings. The molecule has 0 N–H and O–H groups in total. The molecule has 0 aliphatic carbocycles. The molecular weight excluding hydrogens is 829 g/mol. The molecule has 0 saturated carbocycles. The highest BCUT2D eigenvalue weighted by Gasteiger charge is 2.33. The first-order chi connectivity index (χ1) is 25.6. The van der Waals surface area contributed by atoms with E-state index >= 15 is 8.78 Å². The highest BCUT2D eigenvalue weighted by Crippen LogP contribution is 2.41. The van der Waals surface area contributed by atoms with Crippen LogP contribution >= 0.6 is 34.2 Å². The van der Waals surface area contributed by atoms with Gasteiger partial charge in [-0.15, -0.1) is 0 Å². The van der Waals surface area contributed by atoms with E-state index in [0.717, 1.165) is 28.2 Å². The van der Waals surface area contributed by atoms with E-state index in [4.69, 9.17) is 30.8 Å². The Bertz CT molecular complexity index is 2120. The van der Waals surface area contributed by atoms with Crippen molar-refractivity contribution in [2.75, 3.05) is 43.7 Å². The lowest BCUT2D eigenvalue weighted by atomic mass is 10.0. The number of fused-ring (bicyclic) bond motifs is 1. The van der Waals surface area contributed by atoms with Crippen molar-refractivity contribution in [2.24, 2.45) is 0 Å². The number of amides is 1. The zero-order valence-electron chi connectivity index (χ0n) is 31.2. The Hall–Kier alpha value is -4.50.